The smallest absolute Gasteiger partial charge is 0.334 e. The van der Waals surface area contributed by atoms with Gasteiger partial charge in [0.15, 0.2) is 0 Å². The number of allylic oxidation sites excluding steroid dienone is 1. The molecule has 1 aromatic rings. The molecular weight excluding hydrogens is 246 g/mol. The maximum absolute atomic E-state index is 11.7. The Labute approximate surface area is 111 Å². The third-order valence-electron chi connectivity index (χ3n) is 2.32. The Morgan fingerprint density at radius 3 is 2.84 bits per heavy atom. The van der Waals surface area contributed by atoms with Gasteiger partial charge in [-0.1, -0.05) is 18.2 Å². The Hall–Kier alpha value is -2.43. The van der Waals surface area contributed by atoms with Crippen molar-refractivity contribution in [2.45, 2.75) is 13.3 Å². The Kier molecular flexibility index (Phi) is 5.47. The summed E-state index contributed by atoms with van der Waals surface area (Å²) in [4.78, 5) is 21.9. The zero-order valence-corrected chi connectivity index (χ0v) is 10.7. The van der Waals surface area contributed by atoms with Crippen LogP contribution in [0.4, 0.5) is 5.69 Å². The number of nitro groups is 1. The van der Waals surface area contributed by atoms with Crippen molar-refractivity contribution in [3.8, 4) is 0 Å². The molecule has 0 atom stereocenters. The highest BCUT2D eigenvalue weighted by molar-refractivity contribution is 5.94. The predicted molar refractivity (Wildman–Crippen MR) is 72.5 cm³/mol. The molecule has 0 aliphatic heterocycles. The molecule has 5 nitrogen and oxygen atoms in total. The van der Waals surface area contributed by atoms with Crippen LogP contribution in [0.15, 0.2) is 42.5 Å². The van der Waals surface area contributed by atoms with Crippen LogP contribution in [0.3, 0.4) is 0 Å². The molecule has 5 heteroatoms. The van der Waals surface area contributed by atoms with E-state index in [0.717, 1.165) is 0 Å². The molecule has 0 aliphatic carbocycles. The molecule has 0 saturated heterocycles. The van der Waals surface area contributed by atoms with Gasteiger partial charge in [0.2, 0.25) is 0 Å². The van der Waals surface area contributed by atoms with E-state index in [1.54, 1.807) is 31.2 Å². The normalized spacial score (nSPS) is 10.9. The lowest BCUT2D eigenvalue weighted by atomic mass is 10.1. The molecule has 1 aromatic carbocycles. The topological polar surface area (TPSA) is 69.4 Å². The van der Waals surface area contributed by atoms with E-state index in [2.05, 4.69) is 6.58 Å². The molecule has 0 bridgehead atoms. The zero-order chi connectivity index (χ0) is 14.3. The molecule has 0 aliphatic rings. The SMILES string of the molecule is C=CC/C(=C\c1cccc([N+](=O)[O-])c1)C(=O)OCC. The van der Waals surface area contributed by atoms with E-state index in [1.165, 1.54) is 12.1 Å². The van der Waals surface area contributed by atoms with Crippen molar-refractivity contribution in [1.82, 2.24) is 0 Å². The first-order valence-corrected chi connectivity index (χ1v) is 5.81. The fourth-order valence-corrected chi connectivity index (χ4v) is 1.51. The summed E-state index contributed by atoms with van der Waals surface area (Å²) in [6, 6.07) is 6.06. The van der Waals surface area contributed by atoms with Gasteiger partial charge in [0.05, 0.1) is 11.5 Å². The maximum Gasteiger partial charge on any atom is 0.334 e. The summed E-state index contributed by atoms with van der Waals surface area (Å²) in [5.74, 6) is -0.436. The zero-order valence-electron chi connectivity index (χ0n) is 10.7. The Balaban J connectivity index is 3.07. The van der Waals surface area contributed by atoms with E-state index < -0.39 is 10.9 Å². The van der Waals surface area contributed by atoms with Crippen LogP contribution in [0.5, 0.6) is 0 Å². The van der Waals surface area contributed by atoms with Crippen LogP contribution in [0.25, 0.3) is 6.08 Å². The first kappa shape index (κ1) is 14.6. The van der Waals surface area contributed by atoms with Crippen LogP contribution in [0.1, 0.15) is 18.9 Å². The average molecular weight is 261 g/mol. The van der Waals surface area contributed by atoms with E-state index in [9.17, 15) is 14.9 Å². The van der Waals surface area contributed by atoms with Gasteiger partial charge in [-0.25, -0.2) is 4.79 Å². The van der Waals surface area contributed by atoms with Gasteiger partial charge in [-0.2, -0.15) is 0 Å². The number of nitro benzene ring substituents is 1. The second-order valence-corrected chi connectivity index (χ2v) is 3.73. The van der Waals surface area contributed by atoms with Gasteiger partial charge in [0.1, 0.15) is 0 Å². The number of carbonyl (C=O) groups is 1. The number of ether oxygens (including phenoxy) is 1. The second-order valence-electron chi connectivity index (χ2n) is 3.73. The Morgan fingerprint density at radius 2 is 2.26 bits per heavy atom. The summed E-state index contributed by atoms with van der Waals surface area (Å²) in [6.07, 6.45) is 3.51. The summed E-state index contributed by atoms with van der Waals surface area (Å²) in [5, 5.41) is 10.7. The molecule has 19 heavy (non-hydrogen) atoms. The standard InChI is InChI=1S/C14H15NO4/c1-3-6-12(14(16)19-4-2)9-11-7-5-8-13(10-11)15(17)18/h3,5,7-10H,1,4,6H2,2H3/b12-9+. The summed E-state index contributed by atoms with van der Waals surface area (Å²) in [6.45, 7) is 5.57. The number of carbonyl (C=O) groups excluding carboxylic acids is 1. The highest BCUT2D eigenvalue weighted by atomic mass is 16.6. The molecule has 0 spiro atoms. The van der Waals surface area contributed by atoms with Gasteiger partial charge in [-0.05, 0) is 25.0 Å². The van der Waals surface area contributed by atoms with Gasteiger partial charge < -0.3 is 4.74 Å². The summed E-state index contributed by atoms with van der Waals surface area (Å²) in [5.41, 5.74) is 0.979. The van der Waals surface area contributed by atoms with Crippen LogP contribution in [0.2, 0.25) is 0 Å². The summed E-state index contributed by atoms with van der Waals surface area (Å²) < 4.78 is 4.92. The largest absolute Gasteiger partial charge is 0.463 e. The van der Waals surface area contributed by atoms with Crippen LogP contribution < -0.4 is 0 Å². The molecule has 0 amide bonds. The Bertz CT molecular complexity index is 520. The minimum atomic E-state index is -0.477. The highest BCUT2D eigenvalue weighted by Gasteiger charge is 2.10. The third kappa shape index (κ3) is 4.39. The van der Waals surface area contributed by atoms with Gasteiger partial charge in [-0.15, -0.1) is 6.58 Å². The molecule has 100 valence electrons. The van der Waals surface area contributed by atoms with Crippen molar-refractivity contribution < 1.29 is 14.5 Å². The van der Waals surface area contributed by atoms with E-state index in [0.29, 0.717) is 17.6 Å². The van der Waals surface area contributed by atoms with Crippen molar-refractivity contribution in [2.24, 2.45) is 0 Å². The van der Waals surface area contributed by atoms with Crippen molar-refractivity contribution >= 4 is 17.7 Å². The van der Waals surface area contributed by atoms with Crippen LogP contribution >= 0.6 is 0 Å². The number of benzene rings is 1. The molecule has 1 rings (SSSR count). The minimum Gasteiger partial charge on any atom is -0.463 e. The Morgan fingerprint density at radius 1 is 1.53 bits per heavy atom. The molecule has 0 saturated carbocycles. The first-order valence-electron chi connectivity index (χ1n) is 5.81. The molecule has 0 radical (unpaired) electrons. The van der Waals surface area contributed by atoms with E-state index in [1.807, 2.05) is 0 Å². The lowest BCUT2D eigenvalue weighted by molar-refractivity contribution is -0.384. The molecular formula is C14H15NO4. The summed E-state index contributed by atoms with van der Waals surface area (Å²) in [7, 11) is 0. The van der Waals surface area contributed by atoms with Crippen LogP contribution in [0, 0.1) is 10.1 Å². The van der Waals surface area contributed by atoms with E-state index >= 15 is 0 Å². The summed E-state index contributed by atoms with van der Waals surface area (Å²) >= 11 is 0. The van der Waals surface area contributed by atoms with Gasteiger partial charge in [0, 0.05) is 17.7 Å². The molecule has 0 unspecified atom stereocenters. The maximum atomic E-state index is 11.7. The quantitative estimate of drug-likeness (QED) is 0.259. The average Bonchev–Trinajstić information content (AvgIpc) is 2.39. The number of hydrogen-bond acceptors (Lipinski definition) is 4. The van der Waals surface area contributed by atoms with Crippen molar-refractivity contribution in [1.29, 1.82) is 0 Å². The molecule has 0 heterocycles. The van der Waals surface area contributed by atoms with Gasteiger partial charge >= 0.3 is 5.97 Å². The van der Waals surface area contributed by atoms with E-state index in [-0.39, 0.29) is 12.3 Å². The van der Waals surface area contributed by atoms with Gasteiger partial charge in [0.25, 0.3) is 5.69 Å². The van der Waals surface area contributed by atoms with Crippen molar-refractivity contribution in [3.63, 3.8) is 0 Å². The molecule has 0 aromatic heterocycles. The van der Waals surface area contributed by atoms with Crippen molar-refractivity contribution in [3.05, 3.63) is 58.2 Å². The van der Waals surface area contributed by atoms with Crippen molar-refractivity contribution in [2.75, 3.05) is 6.61 Å². The third-order valence-corrected chi connectivity index (χ3v) is 2.32. The lowest BCUT2D eigenvalue weighted by Gasteiger charge is -2.04. The highest BCUT2D eigenvalue weighted by Crippen LogP contribution is 2.17. The number of non-ortho nitro benzene ring substituents is 1. The van der Waals surface area contributed by atoms with E-state index in [4.69, 9.17) is 4.74 Å². The number of nitrogens with zero attached hydrogens (tertiary/aromatic N) is 1. The monoisotopic (exact) mass is 261 g/mol. The van der Waals surface area contributed by atoms with Crippen LogP contribution in [-0.2, 0) is 9.53 Å². The number of rotatable bonds is 6. The second kappa shape index (κ2) is 7.10. The van der Waals surface area contributed by atoms with Crippen LogP contribution in [-0.4, -0.2) is 17.5 Å². The predicted octanol–water partition coefficient (Wildman–Crippen LogP) is 3.12. The minimum absolute atomic E-state index is 0.0180. The lowest BCUT2D eigenvalue weighted by Crippen LogP contribution is -2.07. The number of hydrogen-bond donors (Lipinski definition) is 0. The first-order chi connectivity index (χ1) is 9.08. The molecule has 0 fully saturated rings. The fraction of sp³-hybridized carbons (Fsp3) is 0.214. The fourth-order valence-electron chi connectivity index (χ4n) is 1.51. The van der Waals surface area contributed by atoms with Gasteiger partial charge in [-0.3, -0.25) is 10.1 Å². The number of esters is 1. The molecule has 0 N–H and O–H groups in total.